The Balaban J connectivity index is 2.19. The lowest BCUT2D eigenvalue weighted by atomic mass is 10.1. The van der Waals surface area contributed by atoms with Gasteiger partial charge in [0, 0.05) is 17.6 Å². The molecule has 3 rings (SSSR count). The van der Waals surface area contributed by atoms with Gasteiger partial charge in [0.15, 0.2) is 0 Å². The number of fused-ring (bicyclic) bond motifs is 1. The molecule has 0 unspecified atom stereocenters. The van der Waals surface area contributed by atoms with Crippen molar-refractivity contribution in [2.45, 2.75) is 57.9 Å². The van der Waals surface area contributed by atoms with Crippen LogP contribution in [0.1, 0.15) is 46.0 Å². The summed E-state index contributed by atoms with van der Waals surface area (Å²) in [4.78, 5) is 4.72. The van der Waals surface area contributed by atoms with Crippen LogP contribution in [0.15, 0.2) is 41.3 Å². The van der Waals surface area contributed by atoms with E-state index in [1.54, 1.807) is 32.9 Å². The second-order valence-electron chi connectivity index (χ2n) is 7.86. The van der Waals surface area contributed by atoms with E-state index in [-0.39, 0.29) is 9.92 Å². The van der Waals surface area contributed by atoms with Crippen LogP contribution in [0.25, 0.3) is 16.7 Å². The Morgan fingerprint density at radius 2 is 1.71 bits per heavy atom. The van der Waals surface area contributed by atoms with Crippen molar-refractivity contribution in [2.75, 3.05) is 0 Å². The first-order valence-electron chi connectivity index (χ1n) is 9.40. The third-order valence-electron chi connectivity index (χ3n) is 4.43. The zero-order chi connectivity index (χ0) is 20.7. The second-order valence-corrected chi connectivity index (χ2v) is 9.92. The second kappa shape index (κ2) is 7.50. The number of nitrogens with one attached hydrogen (secondary N) is 1. The molecule has 2 aromatic carbocycles. The first kappa shape index (κ1) is 20.8. The zero-order valence-electron chi connectivity index (χ0n) is 16.9. The molecule has 28 heavy (non-hydrogen) atoms. The fraction of sp³-hybridized carbons (Fsp3) is 0.381. The van der Waals surface area contributed by atoms with Crippen LogP contribution in [0.4, 0.5) is 0 Å². The molecule has 5 nitrogen and oxygen atoms in total. The first-order valence-corrected chi connectivity index (χ1v) is 11.3. The van der Waals surface area contributed by atoms with Crippen LogP contribution in [-0.4, -0.2) is 23.5 Å². The maximum atomic E-state index is 12.8. The molecule has 3 aromatic rings. The van der Waals surface area contributed by atoms with Gasteiger partial charge in [0.2, 0.25) is 10.0 Å². The monoisotopic (exact) mass is 419 g/mol. The van der Waals surface area contributed by atoms with E-state index in [2.05, 4.69) is 40.9 Å². The molecule has 150 valence electrons. The Kier molecular flexibility index (Phi) is 5.58. The molecule has 0 radical (unpaired) electrons. The van der Waals surface area contributed by atoms with E-state index in [0.717, 1.165) is 23.4 Å². The Labute approximate surface area is 171 Å². The third-order valence-corrected chi connectivity index (χ3v) is 6.65. The van der Waals surface area contributed by atoms with Crippen LogP contribution >= 0.6 is 11.6 Å². The van der Waals surface area contributed by atoms with Gasteiger partial charge in [-0.1, -0.05) is 37.6 Å². The molecule has 1 N–H and O–H groups in total. The van der Waals surface area contributed by atoms with Crippen LogP contribution in [-0.2, 0) is 22.9 Å². The summed E-state index contributed by atoms with van der Waals surface area (Å²) in [6, 6.07) is 11.5. The Morgan fingerprint density at radius 1 is 1.07 bits per heavy atom. The van der Waals surface area contributed by atoms with E-state index in [0.29, 0.717) is 11.9 Å². The van der Waals surface area contributed by atoms with Crippen LogP contribution in [0.2, 0.25) is 5.02 Å². The Bertz CT molecular complexity index is 1110. The molecular weight excluding hydrogens is 394 g/mol. The average molecular weight is 420 g/mol. The molecular formula is C21H26ClN3O2S. The Morgan fingerprint density at radius 3 is 2.25 bits per heavy atom. The normalized spacial score (nSPS) is 12.6. The summed E-state index contributed by atoms with van der Waals surface area (Å²) in [5, 5.41) is 0.179. The first-order chi connectivity index (χ1) is 13.1. The van der Waals surface area contributed by atoms with Gasteiger partial charge in [-0.3, -0.25) is 4.57 Å². The van der Waals surface area contributed by atoms with Crippen LogP contribution in [0.5, 0.6) is 0 Å². The molecule has 7 heteroatoms. The molecule has 1 heterocycles. The van der Waals surface area contributed by atoms with E-state index in [9.17, 15) is 8.42 Å². The predicted molar refractivity (Wildman–Crippen MR) is 115 cm³/mol. The number of imidazole rings is 1. The topological polar surface area (TPSA) is 64.0 Å². The molecule has 0 amide bonds. The number of aromatic nitrogens is 2. The van der Waals surface area contributed by atoms with Crippen molar-refractivity contribution >= 4 is 32.7 Å². The molecule has 0 spiro atoms. The minimum atomic E-state index is -3.76. The molecule has 0 aliphatic carbocycles. The van der Waals surface area contributed by atoms with E-state index in [1.165, 1.54) is 5.56 Å². The zero-order valence-corrected chi connectivity index (χ0v) is 18.4. The van der Waals surface area contributed by atoms with Crippen LogP contribution in [0, 0.1) is 0 Å². The van der Waals surface area contributed by atoms with Gasteiger partial charge in [0.1, 0.15) is 10.7 Å². The largest absolute Gasteiger partial charge is 0.296 e. The number of sulfonamides is 1. The average Bonchev–Trinajstić information content (AvgIpc) is 2.96. The van der Waals surface area contributed by atoms with E-state index < -0.39 is 15.6 Å². The summed E-state index contributed by atoms with van der Waals surface area (Å²) >= 11 is 6.42. The molecule has 0 saturated heterocycles. The van der Waals surface area contributed by atoms with Crippen molar-refractivity contribution in [1.82, 2.24) is 14.3 Å². The fourth-order valence-corrected chi connectivity index (χ4v) is 5.16. The molecule has 0 aliphatic rings. The minimum absolute atomic E-state index is 0.0465. The predicted octanol–water partition coefficient (Wildman–Crippen LogP) is 4.88. The van der Waals surface area contributed by atoms with E-state index in [1.807, 2.05) is 11.5 Å². The summed E-state index contributed by atoms with van der Waals surface area (Å²) in [5.41, 5.74) is 3.03. The standard InChI is InChI=1S/C21H26ClN3O2S/c1-6-14-8-10-15(11-9-14)25-18-12-16(22)19(13-17(18)23-20(25)7-2)28(26,27)24-21(3,4)5/h8-13,24H,6-7H2,1-5H3. The van der Waals surface area contributed by atoms with Crippen LogP contribution in [0.3, 0.4) is 0 Å². The number of hydrogen-bond donors (Lipinski definition) is 1. The lowest BCUT2D eigenvalue weighted by molar-refractivity contribution is 0.491. The lowest BCUT2D eigenvalue weighted by Crippen LogP contribution is -2.40. The van der Waals surface area contributed by atoms with Crippen molar-refractivity contribution in [3.8, 4) is 5.69 Å². The van der Waals surface area contributed by atoms with Crippen molar-refractivity contribution in [3.05, 3.63) is 52.8 Å². The summed E-state index contributed by atoms with van der Waals surface area (Å²) in [7, 11) is -3.76. The lowest BCUT2D eigenvalue weighted by Gasteiger charge is -2.20. The highest BCUT2D eigenvalue weighted by atomic mass is 35.5. The maximum absolute atomic E-state index is 12.8. The minimum Gasteiger partial charge on any atom is -0.296 e. The fourth-order valence-electron chi connectivity index (χ4n) is 3.20. The summed E-state index contributed by atoms with van der Waals surface area (Å²) < 4.78 is 30.3. The van der Waals surface area contributed by atoms with Gasteiger partial charge in [0.05, 0.1) is 16.1 Å². The van der Waals surface area contributed by atoms with Gasteiger partial charge in [-0.15, -0.1) is 0 Å². The maximum Gasteiger partial charge on any atom is 0.242 e. The number of rotatable bonds is 5. The highest BCUT2D eigenvalue weighted by molar-refractivity contribution is 7.89. The van der Waals surface area contributed by atoms with Gasteiger partial charge in [-0.25, -0.2) is 18.1 Å². The molecule has 0 saturated carbocycles. The summed E-state index contributed by atoms with van der Waals surface area (Å²) in [6.07, 6.45) is 1.68. The van der Waals surface area contributed by atoms with Crippen LogP contribution < -0.4 is 4.72 Å². The molecule has 0 atom stereocenters. The number of benzene rings is 2. The highest BCUT2D eigenvalue weighted by Crippen LogP contribution is 2.31. The van der Waals surface area contributed by atoms with E-state index in [4.69, 9.17) is 11.6 Å². The number of aryl methyl sites for hydroxylation is 2. The smallest absolute Gasteiger partial charge is 0.242 e. The van der Waals surface area contributed by atoms with Gasteiger partial charge < -0.3 is 0 Å². The molecule has 0 aliphatic heterocycles. The van der Waals surface area contributed by atoms with E-state index >= 15 is 0 Å². The van der Waals surface area contributed by atoms with Crippen molar-refractivity contribution in [1.29, 1.82) is 0 Å². The highest BCUT2D eigenvalue weighted by Gasteiger charge is 2.26. The Hall–Kier alpha value is -1.89. The molecule has 0 bridgehead atoms. The molecule has 0 fully saturated rings. The quantitative estimate of drug-likeness (QED) is 0.640. The van der Waals surface area contributed by atoms with Gasteiger partial charge in [-0.2, -0.15) is 0 Å². The van der Waals surface area contributed by atoms with Gasteiger partial charge >= 0.3 is 0 Å². The molecule has 1 aromatic heterocycles. The summed E-state index contributed by atoms with van der Waals surface area (Å²) in [5.74, 6) is 0.855. The number of halogens is 1. The van der Waals surface area contributed by atoms with Gasteiger partial charge in [0.25, 0.3) is 0 Å². The van der Waals surface area contributed by atoms with Crippen molar-refractivity contribution in [2.24, 2.45) is 0 Å². The third kappa shape index (κ3) is 4.09. The van der Waals surface area contributed by atoms with Crippen molar-refractivity contribution < 1.29 is 8.42 Å². The van der Waals surface area contributed by atoms with Crippen molar-refractivity contribution in [3.63, 3.8) is 0 Å². The summed E-state index contributed by atoms with van der Waals surface area (Å²) in [6.45, 7) is 9.52. The number of hydrogen-bond acceptors (Lipinski definition) is 3. The van der Waals surface area contributed by atoms with Gasteiger partial charge in [-0.05, 0) is 57.0 Å². The number of nitrogens with zero attached hydrogens (tertiary/aromatic N) is 2. The SMILES string of the molecule is CCc1ccc(-n2c(CC)nc3cc(S(=O)(=O)NC(C)(C)C)c(Cl)cc32)cc1.